The van der Waals surface area contributed by atoms with E-state index in [9.17, 15) is 4.79 Å². The van der Waals surface area contributed by atoms with Gasteiger partial charge in [0.2, 0.25) is 0 Å². The Morgan fingerprint density at radius 3 is 2.45 bits per heavy atom. The number of urea groups is 1. The van der Waals surface area contributed by atoms with Gasteiger partial charge in [-0.05, 0) is 12.8 Å². The van der Waals surface area contributed by atoms with E-state index in [4.69, 9.17) is 10.6 Å². The Balaban J connectivity index is 1.91. The molecule has 2 N–H and O–H groups in total. The van der Waals surface area contributed by atoms with Crippen LogP contribution in [0.1, 0.15) is 25.7 Å². The van der Waals surface area contributed by atoms with Gasteiger partial charge in [-0.2, -0.15) is 5.06 Å². The Morgan fingerprint density at radius 1 is 1.45 bits per heavy atom. The zero-order valence-electron chi connectivity index (χ0n) is 6.38. The summed E-state index contributed by atoms with van der Waals surface area (Å²) in [5.74, 6) is 0. The molecule has 0 atom stereocenters. The number of amides is 2. The molecule has 1 saturated heterocycles. The van der Waals surface area contributed by atoms with E-state index in [0.29, 0.717) is 6.54 Å². The van der Waals surface area contributed by atoms with Gasteiger partial charge in [0.15, 0.2) is 0 Å². The third kappa shape index (κ3) is 0.976. The van der Waals surface area contributed by atoms with Gasteiger partial charge in [-0.25, -0.2) is 4.79 Å². The minimum atomic E-state index is -0.470. The van der Waals surface area contributed by atoms with E-state index in [1.165, 1.54) is 17.9 Å². The van der Waals surface area contributed by atoms with Crippen molar-refractivity contribution in [3.63, 3.8) is 0 Å². The van der Waals surface area contributed by atoms with Gasteiger partial charge >= 0.3 is 6.03 Å². The van der Waals surface area contributed by atoms with Crippen molar-refractivity contribution in [1.29, 1.82) is 0 Å². The minimum absolute atomic E-state index is 0.00493. The number of carbonyl (C=O) groups is 1. The Kier molecular flexibility index (Phi) is 1.32. The van der Waals surface area contributed by atoms with Gasteiger partial charge in [0.1, 0.15) is 5.60 Å². The van der Waals surface area contributed by atoms with Crippen molar-refractivity contribution < 1.29 is 9.63 Å². The van der Waals surface area contributed by atoms with Gasteiger partial charge in [-0.15, -0.1) is 0 Å². The van der Waals surface area contributed by atoms with E-state index in [-0.39, 0.29) is 5.60 Å². The van der Waals surface area contributed by atoms with Gasteiger partial charge in [0.05, 0.1) is 6.54 Å². The highest BCUT2D eigenvalue weighted by molar-refractivity contribution is 5.71. The van der Waals surface area contributed by atoms with Crippen molar-refractivity contribution in [2.45, 2.75) is 31.3 Å². The molecule has 1 aliphatic carbocycles. The lowest BCUT2D eigenvalue weighted by Crippen LogP contribution is -2.61. The summed E-state index contributed by atoms with van der Waals surface area (Å²) in [6, 6.07) is -0.470. The van der Waals surface area contributed by atoms with Crippen LogP contribution in [0.2, 0.25) is 0 Å². The number of rotatable bonds is 0. The second kappa shape index (κ2) is 2.11. The molecular weight excluding hydrogens is 144 g/mol. The first-order valence-corrected chi connectivity index (χ1v) is 3.98. The number of hydrogen-bond acceptors (Lipinski definition) is 2. The highest BCUT2D eigenvalue weighted by Gasteiger charge is 2.48. The van der Waals surface area contributed by atoms with Crippen LogP contribution in [-0.4, -0.2) is 23.2 Å². The predicted octanol–water partition coefficient (Wildman–Crippen LogP) is 0.625. The molecule has 0 bridgehead atoms. The first-order valence-electron chi connectivity index (χ1n) is 3.98. The fourth-order valence-corrected chi connectivity index (χ4v) is 1.88. The number of primary amides is 1. The first-order chi connectivity index (χ1) is 5.22. The third-order valence-corrected chi connectivity index (χ3v) is 2.50. The molecule has 4 heteroatoms. The molecule has 11 heavy (non-hydrogen) atoms. The van der Waals surface area contributed by atoms with Crippen molar-refractivity contribution in [2.24, 2.45) is 5.73 Å². The molecule has 2 amide bonds. The third-order valence-electron chi connectivity index (χ3n) is 2.50. The predicted molar refractivity (Wildman–Crippen MR) is 38.6 cm³/mol. The van der Waals surface area contributed by atoms with Crippen LogP contribution in [0.15, 0.2) is 0 Å². The largest absolute Gasteiger partial charge is 0.350 e. The van der Waals surface area contributed by atoms with Gasteiger partial charge in [-0.1, -0.05) is 12.8 Å². The summed E-state index contributed by atoms with van der Waals surface area (Å²) in [5.41, 5.74) is 5.01. The molecule has 1 aliphatic heterocycles. The molecule has 2 aliphatic rings. The van der Waals surface area contributed by atoms with Crippen LogP contribution >= 0.6 is 0 Å². The highest BCUT2D eigenvalue weighted by atomic mass is 16.7. The van der Waals surface area contributed by atoms with E-state index in [2.05, 4.69) is 0 Å². The van der Waals surface area contributed by atoms with E-state index in [1.807, 2.05) is 0 Å². The van der Waals surface area contributed by atoms with Crippen LogP contribution < -0.4 is 5.73 Å². The molecule has 0 aromatic heterocycles. The van der Waals surface area contributed by atoms with Crippen LogP contribution in [0.3, 0.4) is 0 Å². The summed E-state index contributed by atoms with van der Waals surface area (Å²) in [5, 5.41) is 1.24. The minimum Gasteiger partial charge on any atom is -0.350 e. The molecule has 0 aromatic carbocycles. The molecule has 2 fully saturated rings. The molecule has 0 radical (unpaired) electrons. The fraction of sp³-hybridized carbons (Fsp3) is 0.857. The normalized spacial score (nSPS) is 27.1. The maximum atomic E-state index is 10.5. The number of hydrogen-bond donors (Lipinski definition) is 1. The molecule has 1 heterocycles. The van der Waals surface area contributed by atoms with Gasteiger partial charge in [0, 0.05) is 0 Å². The topological polar surface area (TPSA) is 55.6 Å². The molecule has 2 rings (SSSR count). The lowest BCUT2D eigenvalue weighted by molar-refractivity contribution is -0.316. The molecule has 0 aromatic rings. The summed E-state index contributed by atoms with van der Waals surface area (Å²) in [6.45, 7) is 0.697. The average molecular weight is 156 g/mol. The van der Waals surface area contributed by atoms with Gasteiger partial charge < -0.3 is 5.73 Å². The maximum Gasteiger partial charge on any atom is 0.338 e. The van der Waals surface area contributed by atoms with E-state index >= 15 is 0 Å². The first kappa shape index (κ1) is 6.91. The molecule has 0 unspecified atom stereocenters. The molecule has 62 valence electrons. The monoisotopic (exact) mass is 156 g/mol. The van der Waals surface area contributed by atoms with Crippen molar-refractivity contribution in [2.75, 3.05) is 6.54 Å². The van der Waals surface area contributed by atoms with Crippen molar-refractivity contribution in [1.82, 2.24) is 5.06 Å². The summed E-state index contributed by atoms with van der Waals surface area (Å²) < 4.78 is 0. The summed E-state index contributed by atoms with van der Waals surface area (Å²) in [7, 11) is 0. The zero-order chi connectivity index (χ0) is 7.90. The quantitative estimate of drug-likeness (QED) is 0.559. The smallest absolute Gasteiger partial charge is 0.338 e. The Bertz CT molecular complexity index is 179. The zero-order valence-corrected chi connectivity index (χ0v) is 6.38. The van der Waals surface area contributed by atoms with Crippen LogP contribution in [0.5, 0.6) is 0 Å². The number of nitrogens with zero attached hydrogens (tertiary/aromatic N) is 1. The Hall–Kier alpha value is -0.770. The second-order valence-electron chi connectivity index (χ2n) is 3.36. The lowest BCUT2D eigenvalue weighted by atomic mass is 10.00. The van der Waals surface area contributed by atoms with E-state index in [1.54, 1.807) is 0 Å². The number of carbonyl (C=O) groups excluding carboxylic acids is 1. The standard InChI is InChI=1S/C7H12N2O2/c8-6(10)9-5-7(11-9)3-1-2-4-7/h1-5H2,(H2,8,10). The van der Waals surface area contributed by atoms with Crippen LogP contribution in [0.4, 0.5) is 4.79 Å². The van der Waals surface area contributed by atoms with Crippen molar-refractivity contribution >= 4 is 6.03 Å². The SMILES string of the molecule is NC(=O)N1CC2(CCCC2)O1. The summed E-state index contributed by atoms with van der Waals surface area (Å²) in [6.07, 6.45) is 4.59. The van der Waals surface area contributed by atoms with Gasteiger partial charge in [-0.3, -0.25) is 4.84 Å². The summed E-state index contributed by atoms with van der Waals surface area (Å²) in [4.78, 5) is 15.9. The van der Waals surface area contributed by atoms with Crippen molar-refractivity contribution in [3.8, 4) is 0 Å². The summed E-state index contributed by atoms with van der Waals surface area (Å²) >= 11 is 0. The van der Waals surface area contributed by atoms with Crippen LogP contribution in [-0.2, 0) is 4.84 Å². The molecule has 1 spiro atoms. The Morgan fingerprint density at radius 2 is 2.00 bits per heavy atom. The molecule has 1 saturated carbocycles. The number of hydroxylamine groups is 2. The lowest BCUT2D eigenvalue weighted by Gasteiger charge is -2.45. The highest BCUT2D eigenvalue weighted by Crippen LogP contribution is 2.40. The van der Waals surface area contributed by atoms with Gasteiger partial charge in [0.25, 0.3) is 0 Å². The average Bonchev–Trinajstić information content (AvgIpc) is 2.29. The van der Waals surface area contributed by atoms with Crippen molar-refractivity contribution in [3.05, 3.63) is 0 Å². The van der Waals surface area contributed by atoms with Crippen LogP contribution in [0.25, 0.3) is 0 Å². The fourth-order valence-electron chi connectivity index (χ4n) is 1.88. The molecule has 4 nitrogen and oxygen atoms in total. The Labute approximate surface area is 65.2 Å². The van der Waals surface area contributed by atoms with Crippen LogP contribution in [0, 0.1) is 0 Å². The van der Waals surface area contributed by atoms with E-state index in [0.717, 1.165) is 12.8 Å². The number of nitrogens with two attached hydrogens (primary N) is 1. The maximum absolute atomic E-state index is 10.5. The molecular formula is C7H12N2O2. The second-order valence-corrected chi connectivity index (χ2v) is 3.36. The van der Waals surface area contributed by atoms with E-state index < -0.39 is 6.03 Å².